The second kappa shape index (κ2) is 10.6. The smallest absolute Gasteiger partial charge is 0.396 e. The highest BCUT2D eigenvalue weighted by atomic mass is 19.4. The van der Waals surface area contributed by atoms with Gasteiger partial charge in [-0.15, -0.1) is 5.10 Å². The third-order valence-electron chi connectivity index (χ3n) is 6.39. The van der Waals surface area contributed by atoms with Crippen molar-refractivity contribution in [3.8, 4) is 34.1 Å². The molecule has 0 aliphatic heterocycles. The topological polar surface area (TPSA) is 104 Å². The van der Waals surface area contributed by atoms with Gasteiger partial charge in [-0.1, -0.05) is 12.1 Å². The highest BCUT2D eigenvalue weighted by molar-refractivity contribution is 5.86. The number of benzene rings is 2. The Bertz CT molecular complexity index is 1660. The summed E-state index contributed by atoms with van der Waals surface area (Å²) in [4.78, 5) is 4.61. The van der Waals surface area contributed by atoms with E-state index >= 15 is 0 Å². The predicted octanol–water partition coefficient (Wildman–Crippen LogP) is 5.63. The molecular weight excluding hydrogens is 507 g/mol. The Morgan fingerprint density at radius 2 is 1.87 bits per heavy atom. The van der Waals surface area contributed by atoms with Gasteiger partial charge in [0.2, 0.25) is 5.95 Å². The Kier molecular flexibility index (Phi) is 7.04. The Morgan fingerprint density at radius 1 is 1.08 bits per heavy atom. The van der Waals surface area contributed by atoms with Gasteiger partial charge in [0.25, 0.3) is 0 Å². The minimum atomic E-state index is -4.50. The van der Waals surface area contributed by atoms with Gasteiger partial charge >= 0.3 is 6.18 Å². The van der Waals surface area contributed by atoms with Crippen molar-refractivity contribution in [2.24, 2.45) is 0 Å². The van der Waals surface area contributed by atoms with Crippen LogP contribution in [0.5, 0.6) is 0 Å². The molecule has 39 heavy (non-hydrogen) atoms. The van der Waals surface area contributed by atoms with Crippen molar-refractivity contribution in [2.75, 3.05) is 18.5 Å². The molecule has 0 fully saturated rings. The molecule has 198 valence electrons. The van der Waals surface area contributed by atoms with Gasteiger partial charge in [0.15, 0.2) is 5.65 Å². The number of nitrogens with zero attached hydrogens (tertiary/aromatic N) is 6. The lowest BCUT2D eigenvalue weighted by Gasteiger charge is -2.16. The maximum absolute atomic E-state index is 13.6. The lowest BCUT2D eigenvalue weighted by atomic mass is 9.95. The average molecular weight is 532 g/mol. The zero-order valence-corrected chi connectivity index (χ0v) is 20.9. The first-order valence-electron chi connectivity index (χ1n) is 12.3. The molecule has 0 bridgehead atoms. The number of pyridine rings is 1. The van der Waals surface area contributed by atoms with Crippen LogP contribution < -0.4 is 5.32 Å². The number of anilines is 1. The highest BCUT2D eigenvalue weighted by Crippen LogP contribution is 2.38. The largest absolute Gasteiger partial charge is 0.416 e. The molecule has 0 saturated carbocycles. The zero-order valence-electron chi connectivity index (χ0n) is 20.9. The van der Waals surface area contributed by atoms with E-state index in [1.165, 1.54) is 6.07 Å². The quantitative estimate of drug-likeness (QED) is 0.252. The van der Waals surface area contributed by atoms with Gasteiger partial charge in [0, 0.05) is 30.5 Å². The van der Waals surface area contributed by atoms with Crippen LogP contribution in [-0.4, -0.2) is 42.6 Å². The first-order chi connectivity index (χ1) is 18.8. The normalized spacial score (nSPS) is 11.6. The zero-order chi connectivity index (χ0) is 27.6. The van der Waals surface area contributed by atoms with Gasteiger partial charge in [0.05, 0.1) is 34.8 Å². The Balaban J connectivity index is 1.69. The minimum absolute atomic E-state index is 0.0788. The number of hydrogen-bond donors (Lipinski definition) is 2. The molecule has 0 amide bonds. The van der Waals surface area contributed by atoms with E-state index in [1.54, 1.807) is 51.9 Å². The van der Waals surface area contributed by atoms with Crippen LogP contribution in [0.4, 0.5) is 19.1 Å². The second-order valence-electron chi connectivity index (χ2n) is 8.97. The maximum Gasteiger partial charge on any atom is 0.416 e. The summed E-state index contributed by atoms with van der Waals surface area (Å²) >= 11 is 0. The fourth-order valence-electron chi connectivity index (χ4n) is 4.46. The number of aromatic nitrogens is 5. The van der Waals surface area contributed by atoms with Crippen LogP contribution in [0.1, 0.15) is 29.5 Å². The molecule has 5 rings (SSSR count). The number of aliphatic hydroxyl groups is 1. The first-order valence-corrected chi connectivity index (χ1v) is 12.3. The van der Waals surface area contributed by atoms with Crippen molar-refractivity contribution >= 4 is 11.6 Å². The van der Waals surface area contributed by atoms with Crippen LogP contribution in [0.2, 0.25) is 0 Å². The van der Waals surface area contributed by atoms with Gasteiger partial charge in [0.1, 0.15) is 0 Å². The molecule has 0 unspecified atom stereocenters. The van der Waals surface area contributed by atoms with Crippen LogP contribution in [-0.2, 0) is 6.18 Å². The van der Waals surface area contributed by atoms with Crippen LogP contribution in [0.25, 0.3) is 33.7 Å². The van der Waals surface area contributed by atoms with Gasteiger partial charge < -0.3 is 10.4 Å². The fourth-order valence-corrected chi connectivity index (χ4v) is 4.46. The number of rotatable bonds is 8. The fraction of sp³-hybridized carbons (Fsp3) is 0.214. The maximum atomic E-state index is 13.6. The van der Waals surface area contributed by atoms with Crippen molar-refractivity contribution in [2.45, 2.75) is 25.9 Å². The Labute approximate surface area is 222 Å². The van der Waals surface area contributed by atoms with Crippen molar-refractivity contribution in [1.29, 1.82) is 5.26 Å². The summed E-state index contributed by atoms with van der Waals surface area (Å²) in [6, 6.07) is 16.0. The number of hydrogen-bond acceptors (Lipinski definition) is 6. The molecule has 0 radical (unpaired) electrons. The number of alkyl halides is 3. The van der Waals surface area contributed by atoms with E-state index < -0.39 is 11.7 Å². The monoisotopic (exact) mass is 531 g/mol. The average Bonchev–Trinajstić information content (AvgIpc) is 3.57. The molecule has 3 aromatic heterocycles. The standard InChI is InChI=1S/C28H24F3N7O/c1-18-23(24-11-13-34-38(24)22-9-7-19(16-32)8-10-22)17-37-26(35-27(36-37)33-12-2-3-14-39)25(18)20-5-4-6-21(15-20)28(29,30)31/h4-11,13,15,17,39H,2-3,12,14H2,1H3,(H,33,36). The van der Waals surface area contributed by atoms with Gasteiger partial charge in [-0.2, -0.15) is 28.5 Å². The number of nitriles is 1. The molecule has 5 aromatic rings. The molecule has 3 heterocycles. The van der Waals surface area contributed by atoms with Crippen molar-refractivity contribution in [3.63, 3.8) is 0 Å². The molecule has 0 spiro atoms. The summed E-state index contributed by atoms with van der Waals surface area (Å²) in [5, 5.41) is 30.3. The molecule has 0 saturated heterocycles. The number of fused-ring (bicyclic) bond motifs is 1. The van der Waals surface area contributed by atoms with Crippen LogP contribution >= 0.6 is 0 Å². The van der Waals surface area contributed by atoms with E-state index in [2.05, 4.69) is 26.6 Å². The van der Waals surface area contributed by atoms with Crippen molar-refractivity contribution in [3.05, 3.63) is 83.7 Å². The molecular formula is C28H24F3N7O. The van der Waals surface area contributed by atoms with Crippen molar-refractivity contribution < 1.29 is 18.3 Å². The molecule has 8 nitrogen and oxygen atoms in total. The van der Waals surface area contributed by atoms with Gasteiger partial charge in [-0.25, -0.2) is 9.20 Å². The summed E-state index contributed by atoms with van der Waals surface area (Å²) in [6.07, 6.45) is 0.250. The number of halogens is 3. The predicted molar refractivity (Wildman–Crippen MR) is 140 cm³/mol. The third kappa shape index (κ3) is 5.19. The lowest BCUT2D eigenvalue weighted by Crippen LogP contribution is -2.06. The highest BCUT2D eigenvalue weighted by Gasteiger charge is 2.31. The Morgan fingerprint density at radius 3 is 2.59 bits per heavy atom. The summed E-state index contributed by atoms with van der Waals surface area (Å²) in [7, 11) is 0. The van der Waals surface area contributed by atoms with Crippen LogP contribution in [0, 0.1) is 18.3 Å². The SMILES string of the molecule is Cc1c(-c2ccnn2-c2ccc(C#N)cc2)cn2nc(NCCCCO)nc2c1-c1cccc(C(F)(F)F)c1. The second-order valence-corrected chi connectivity index (χ2v) is 8.97. The molecule has 11 heteroatoms. The van der Waals surface area contributed by atoms with Crippen molar-refractivity contribution in [1.82, 2.24) is 24.4 Å². The molecule has 0 atom stereocenters. The van der Waals surface area contributed by atoms with E-state index in [0.717, 1.165) is 17.8 Å². The van der Waals surface area contributed by atoms with E-state index in [9.17, 15) is 13.2 Å². The van der Waals surface area contributed by atoms with Gasteiger partial charge in [-0.05, 0) is 73.4 Å². The third-order valence-corrected chi connectivity index (χ3v) is 6.39. The summed E-state index contributed by atoms with van der Waals surface area (Å²) in [6.45, 7) is 2.45. The van der Waals surface area contributed by atoms with E-state index in [1.807, 2.05) is 13.0 Å². The number of aliphatic hydroxyl groups excluding tert-OH is 1. The minimum Gasteiger partial charge on any atom is -0.396 e. The van der Waals surface area contributed by atoms with Gasteiger partial charge in [-0.3, -0.25) is 0 Å². The summed E-state index contributed by atoms with van der Waals surface area (Å²) in [5.74, 6) is 0.332. The van der Waals surface area contributed by atoms with E-state index in [4.69, 9.17) is 10.4 Å². The number of unbranched alkanes of at least 4 members (excludes halogenated alkanes) is 1. The molecule has 2 aromatic carbocycles. The molecule has 2 N–H and O–H groups in total. The van der Waals surface area contributed by atoms with E-state index in [-0.39, 0.29) is 6.61 Å². The van der Waals surface area contributed by atoms with E-state index in [0.29, 0.717) is 64.5 Å². The number of nitrogens with one attached hydrogen (secondary N) is 1. The molecule has 0 aliphatic rings. The lowest BCUT2D eigenvalue weighted by molar-refractivity contribution is -0.137. The van der Waals surface area contributed by atoms with Crippen LogP contribution in [0.15, 0.2) is 67.0 Å². The summed E-state index contributed by atoms with van der Waals surface area (Å²) < 4.78 is 44.1. The van der Waals surface area contributed by atoms with Crippen LogP contribution in [0.3, 0.4) is 0 Å². The Hall–Kier alpha value is -4.69. The summed E-state index contributed by atoms with van der Waals surface area (Å²) in [5.41, 5.74) is 3.86. The molecule has 0 aliphatic carbocycles. The first kappa shape index (κ1) is 25.9.